The molecule has 1 atom stereocenters. The number of ether oxygens (including phenoxy) is 1. The highest BCUT2D eigenvalue weighted by Gasteiger charge is 2.31. The second kappa shape index (κ2) is 5.49. The van der Waals surface area contributed by atoms with E-state index in [1.165, 1.54) is 0 Å². The molecule has 1 aliphatic rings. The molecule has 0 radical (unpaired) electrons. The van der Waals surface area contributed by atoms with E-state index in [2.05, 4.69) is 4.57 Å². The number of para-hydroxylation sites is 1. The highest BCUT2D eigenvalue weighted by atomic mass is 16.5. The van der Waals surface area contributed by atoms with Gasteiger partial charge in [0.05, 0.1) is 12.6 Å². The Bertz CT molecular complexity index is 517. The van der Waals surface area contributed by atoms with Gasteiger partial charge in [-0.3, -0.25) is 0 Å². The van der Waals surface area contributed by atoms with Crippen LogP contribution in [0.3, 0.4) is 0 Å². The zero-order valence-electron chi connectivity index (χ0n) is 10.9. The summed E-state index contributed by atoms with van der Waals surface area (Å²) in [5.41, 5.74) is 1.03. The monoisotopic (exact) mass is 257 g/mol. The molecule has 1 fully saturated rings. The third kappa shape index (κ3) is 3.18. The molecule has 1 aromatic carbocycles. The topological polar surface area (TPSA) is 34.4 Å². The van der Waals surface area contributed by atoms with Gasteiger partial charge in [-0.2, -0.15) is 0 Å². The molecule has 2 aromatic rings. The first-order valence-corrected chi connectivity index (χ1v) is 6.84. The summed E-state index contributed by atoms with van der Waals surface area (Å²) < 4.78 is 7.73. The van der Waals surface area contributed by atoms with Gasteiger partial charge in [0.15, 0.2) is 0 Å². The zero-order chi connectivity index (χ0) is 13.1. The maximum Gasteiger partial charge on any atom is 0.119 e. The summed E-state index contributed by atoms with van der Waals surface area (Å²) in [6.45, 7) is 1.43. The van der Waals surface area contributed by atoms with E-state index in [1.54, 1.807) is 0 Å². The van der Waals surface area contributed by atoms with E-state index in [1.807, 2.05) is 48.8 Å². The van der Waals surface area contributed by atoms with E-state index < -0.39 is 0 Å². The quantitative estimate of drug-likeness (QED) is 0.863. The van der Waals surface area contributed by atoms with Crippen molar-refractivity contribution in [2.24, 2.45) is 5.92 Å². The third-order valence-electron chi connectivity index (χ3n) is 3.54. The summed E-state index contributed by atoms with van der Waals surface area (Å²) in [7, 11) is 0. The molecule has 0 amide bonds. The molecule has 3 rings (SSSR count). The Labute approximate surface area is 113 Å². The Morgan fingerprint density at radius 3 is 2.74 bits per heavy atom. The molecule has 1 N–H and O–H groups in total. The highest BCUT2D eigenvalue weighted by Crippen LogP contribution is 2.40. The fourth-order valence-corrected chi connectivity index (χ4v) is 2.24. The largest absolute Gasteiger partial charge is 0.492 e. The number of aliphatic hydroxyl groups excluding tert-OH is 1. The van der Waals surface area contributed by atoms with E-state index in [0.717, 1.165) is 30.7 Å². The maximum absolute atomic E-state index is 10.0. The minimum absolute atomic E-state index is 0.281. The first-order valence-electron chi connectivity index (χ1n) is 6.84. The van der Waals surface area contributed by atoms with Crippen LogP contribution >= 0.6 is 0 Å². The van der Waals surface area contributed by atoms with Crippen LogP contribution in [0.5, 0.6) is 5.75 Å². The normalized spacial score (nSPS) is 16.3. The standard InChI is InChI=1S/C16H19NO2/c18-16(13-6-7-13)14-8-9-17(12-14)10-11-19-15-4-2-1-3-5-15/h1-5,8-9,12-13,16,18H,6-7,10-11H2. The van der Waals surface area contributed by atoms with Crippen molar-refractivity contribution >= 4 is 0 Å². The van der Waals surface area contributed by atoms with Gasteiger partial charge in [0.1, 0.15) is 12.4 Å². The Hall–Kier alpha value is -1.74. The molecule has 3 heteroatoms. The summed E-state index contributed by atoms with van der Waals surface area (Å²) in [5.74, 6) is 1.38. The molecule has 1 unspecified atom stereocenters. The molecular weight excluding hydrogens is 238 g/mol. The van der Waals surface area contributed by atoms with Crippen LogP contribution in [0.1, 0.15) is 24.5 Å². The Morgan fingerprint density at radius 1 is 1.21 bits per heavy atom. The van der Waals surface area contributed by atoms with Crippen LogP contribution in [0, 0.1) is 5.92 Å². The van der Waals surface area contributed by atoms with Crippen molar-refractivity contribution in [3.05, 3.63) is 54.4 Å². The van der Waals surface area contributed by atoms with Crippen molar-refractivity contribution in [2.75, 3.05) is 6.61 Å². The van der Waals surface area contributed by atoms with Crippen LogP contribution in [0.15, 0.2) is 48.8 Å². The molecule has 3 nitrogen and oxygen atoms in total. The highest BCUT2D eigenvalue weighted by molar-refractivity contribution is 5.21. The molecular formula is C16H19NO2. The Kier molecular flexibility index (Phi) is 3.56. The number of nitrogens with zero attached hydrogens (tertiary/aromatic N) is 1. The van der Waals surface area contributed by atoms with Crippen LogP contribution in [0.2, 0.25) is 0 Å². The SMILES string of the molecule is OC(c1ccn(CCOc2ccccc2)c1)C1CC1. The maximum atomic E-state index is 10.0. The fourth-order valence-electron chi connectivity index (χ4n) is 2.24. The van der Waals surface area contributed by atoms with Crippen LogP contribution in [0.25, 0.3) is 0 Å². The van der Waals surface area contributed by atoms with Crippen molar-refractivity contribution in [1.82, 2.24) is 4.57 Å². The van der Waals surface area contributed by atoms with E-state index in [0.29, 0.717) is 12.5 Å². The van der Waals surface area contributed by atoms with Crippen molar-refractivity contribution in [3.63, 3.8) is 0 Å². The number of aliphatic hydroxyl groups is 1. The van der Waals surface area contributed by atoms with Crippen LogP contribution < -0.4 is 4.74 Å². The van der Waals surface area contributed by atoms with Crippen molar-refractivity contribution in [2.45, 2.75) is 25.5 Å². The van der Waals surface area contributed by atoms with Gasteiger partial charge in [-0.15, -0.1) is 0 Å². The summed E-state index contributed by atoms with van der Waals surface area (Å²) in [4.78, 5) is 0. The van der Waals surface area contributed by atoms with Gasteiger partial charge < -0.3 is 14.4 Å². The van der Waals surface area contributed by atoms with E-state index in [4.69, 9.17) is 4.74 Å². The van der Waals surface area contributed by atoms with Crippen LogP contribution in [-0.4, -0.2) is 16.3 Å². The van der Waals surface area contributed by atoms with E-state index in [9.17, 15) is 5.11 Å². The first kappa shape index (κ1) is 12.3. The molecule has 0 bridgehead atoms. The first-order chi connectivity index (χ1) is 9.33. The molecule has 0 saturated heterocycles. The molecule has 0 spiro atoms. The fraction of sp³-hybridized carbons (Fsp3) is 0.375. The van der Waals surface area contributed by atoms with Gasteiger partial charge in [0, 0.05) is 12.4 Å². The van der Waals surface area contributed by atoms with Crippen molar-refractivity contribution < 1.29 is 9.84 Å². The summed E-state index contributed by atoms with van der Waals surface area (Å²) in [6, 6.07) is 11.8. The van der Waals surface area contributed by atoms with Crippen LogP contribution in [0.4, 0.5) is 0 Å². The van der Waals surface area contributed by atoms with Crippen molar-refractivity contribution in [3.8, 4) is 5.75 Å². The smallest absolute Gasteiger partial charge is 0.119 e. The molecule has 1 saturated carbocycles. The molecule has 19 heavy (non-hydrogen) atoms. The second-order valence-corrected chi connectivity index (χ2v) is 5.13. The van der Waals surface area contributed by atoms with Gasteiger partial charge in [0.25, 0.3) is 0 Å². The lowest BCUT2D eigenvalue weighted by Gasteiger charge is -2.08. The number of aromatic nitrogens is 1. The number of rotatable bonds is 6. The predicted molar refractivity (Wildman–Crippen MR) is 74.1 cm³/mol. The molecule has 1 heterocycles. The molecule has 100 valence electrons. The predicted octanol–water partition coefficient (Wildman–Crippen LogP) is 3.01. The molecule has 1 aromatic heterocycles. The minimum atomic E-state index is -0.281. The summed E-state index contributed by atoms with van der Waals surface area (Å²) >= 11 is 0. The number of hydrogen-bond acceptors (Lipinski definition) is 2. The Balaban J connectivity index is 1.50. The van der Waals surface area contributed by atoms with Gasteiger partial charge in [0.2, 0.25) is 0 Å². The van der Waals surface area contributed by atoms with E-state index >= 15 is 0 Å². The Morgan fingerprint density at radius 2 is 2.00 bits per heavy atom. The summed E-state index contributed by atoms with van der Waals surface area (Å²) in [5, 5.41) is 10.0. The lowest BCUT2D eigenvalue weighted by molar-refractivity contribution is 0.153. The van der Waals surface area contributed by atoms with Crippen LogP contribution in [-0.2, 0) is 6.54 Å². The average molecular weight is 257 g/mol. The third-order valence-corrected chi connectivity index (χ3v) is 3.54. The average Bonchev–Trinajstić information content (AvgIpc) is 3.19. The lowest BCUT2D eigenvalue weighted by Crippen LogP contribution is -2.06. The van der Waals surface area contributed by atoms with Gasteiger partial charge in [-0.1, -0.05) is 18.2 Å². The minimum Gasteiger partial charge on any atom is -0.492 e. The summed E-state index contributed by atoms with van der Waals surface area (Å²) in [6.07, 6.45) is 6.07. The number of benzene rings is 1. The molecule has 0 aliphatic heterocycles. The number of hydrogen-bond donors (Lipinski definition) is 1. The lowest BCUT2D eigenvalue weighted by atomic mass is 10.1. The van der Waals surface area contributed by atoms with Gasteiger partial charge >= 0.3 is 0 Å². The molecule has 1 aliphatic carbocycles. The van der Waals surface area contributed by atoms with Gasteiger partial charge in [-0.05, 0) is 42.5 Å². The van der Waals surface area contributed by atoms with E-state index in [-0.39, 0.29) is 6.10 Å². The van der Waals surface area contributed by atoms with Crippen molar-refractivity contribution in [1.29, 1.82) is 0 Å². The second-order valence-electron chi connectivity index (χ2n) is 5.13. The zero-order valence-corrected chi connectivity index (χ0v) is 10.9. The van der Waals surface area contributed by atoms with Gasteiger partial charge in [-0.25, -0.2) is 0 Å².